The molecule has 0 aliphatic heterocycles. The van der Waals surface area contributed by atoms with E-state index in [1.165, 1.54) is 14.6 Å². The molecule has 1 atom stereocenters. The van der Waals surface area contributed by atoms with Crippen LogP contribution in [0.2, 0.25) is 0 Å². The van der Waals surface area contributed by atoms with Crippen LogP contribution in [0.15, 0.2) is 23.6 Å². The first-order chi connectivity index (χ1) is 8.80. The van der Waals surface area contributed by atoms with E-state index in [1.54, 1.807) is 18.4 Å². The van der Waals surface area contributed by atoms with Crippen molar-refractivity contribution >= 4 is 22.7 Å². The third-order valence-corrected chi connectivity index (χ3v) is 5.12. The minimum atomic E-state index is 0.259. The maximum Gasteiger partial charge on any atom is 0.134 e. The summed E-state index contributed by atoms with van der Waals surface area (Å²) in [6.45, 7) is 5.29. The van der Waals surface area contributed by atoms with Crippen molar-refractivity contribution in [2.75, 3.05) is 13.7 Å². The number of aryl methyl sites for hydroxylation is 1. The minimum Gasteiger partial charge on any atom is -0.496 e. The highest BCUT2D eigenvalue weighted by Gasteiger charge is 2.20. The number of rotatable bonds is 6. The first-order valence-electron chi connectivity index (χ1n) is 6.23. The summed E-state index contributed by atoms with van der Waals surface area (Å²) in [7, 11) is 1.74. The number of ether oxygens (including phenoxy) is 1. The highest BCUT2D eigenvalue weighted by molar-refractivity contribution is 7.13. The summed E-state index contributed by atoms with van der Waals surface area (Å²) in [5.74, 6) is 0.984. The third-order valence-electron chi connectivity index (χ3n) is 2.86. The number of methoxy groups -OCH3 is 1. The van der Waals surface area contributed by atoms with Crippen LogP contribution in [0.4, 0.5) is 0 Å². The van der Waals surface area contributed by atoms with Crippen molar-refractivity contribution in [1.29, 1.82) is 0 Å². The van der Waals surface area contributed by atoms with Gasteiger partial charge in [0.15, 0.2) is 0 Å². The van der Waals surface area contributed by atoms with Crippen LogP contribution >= 0.6 is 22.7 Å². The Morgan fingerprint density at radius 1 is 1.28 bits per heavy atom. The van der Waals surface area contributed by atoms with Gasteiger partial charge in [0.25, 0.3) is 0 Å². The Morgan fingerprint density at radius 2 is 2.11 bits per heavy atom. The lowest BCUT2D eigenvalue weighted by molar-refractivity contribution is 0.408. The molecule has 2 aromatic rings. The molecule has 98 valence electrons. The quantitative estimate of drug-likeness (QED) is 0.861. The molecule has 18 heavy (non-hydrogen) atoms. The van der Waals surface area contributed by atoms with E-state index in [1.807, 2.05) is 17.4 Å². The largest absolute Gasteiger partial charge is 0.496 e. The summed E-state index contributed by atoms with van der Waals surface area (Å²) in [6.07, 6.45) is 1.10. The van der Waals surface area contributed by atoms with Gasteiger partial charge in [0.05, 0.1) is 18.0 Å². The van der Waals surface area contributed by atoms with Crippen molar-refractivity contribution in [3.05, 3.63) is 38.2 Å². The predicted molar refractivity (Wildman–Crippen MR) is 80.1 cm³/mol. The topological polar surface area (TPSA) is 21.3 Å². The second-order valence-corrected chi connectivity index (χ2v) is 6.15. The van der Waals surface area contributed by atoms with Gasteiger partial charge in [-0.15, -0.1) is 22.7 Å². The lowest BCUT2D eigenvalue weighted by Gasteiger charge is -2.16. The fourth-order valence-electron chi connectivity index (χ4n) is 1.95. The first-order valence-corrected chi connectivity index (χ1v) is 7.93. The van der Waals surface area contributed by atoms with Crippen molar-refractivity contribution in [2.24, 2.45) is 0 Å². The molecule has 0 spiro atoms. The summed E-state index contributed by atoms with van der Waals surface area (Å²) in [5, 5.41) is 5.64. The van der Waals surface area contributed by atoms with Gasteiger partial charge in [-0.25, -0.2) is 0 Å². The fraction of sp³-hybridized carbons (Fsp3) is 0.429. The van der Waals surface area contributed by atoms with Gasteiger partial charge in [-0.3, -0.25) is 0 Å². The number of hydrogen-bond donors (Lipinski definition) is 1. The summed E-state index contributed by atoms with van der Waals surface area (Å²) >= 11 is 3.64. The van der Waals surface area contributed by atoms with Gasteiger partial charge < -0.3 is 10.1 Å². The van der Waals surface area contributed by atoms with Crippen molar-refractivity contribution in [1.82, 2.24) is 5.32 Å². The van der Waals surface area contributed by atoms with E-state index in [0.717, 1.165) is 18.7 Å². The maximum atomic E-state index is 5.44. The van der Waals surface area contributed by atoms with Crippen LogP contribution in [0.3, 0.4) is 0 Å². The van der Waals surface area contributed by atoms with E-state index in [2.05, 4.69) is 36.7 Å². The van der Waals surface area contributed by atoms with Gasteiger partial charge in [-0.2, -0.15) is 0 Å². The first kappa shape index (κ1) is 13.6. The van der Waals surface area contributed by atoms with E-state index in [-0.39, 0.29) is 6.04 Å². The molecule has 2 rings (SSSR count). The zero-order chi connectivity index (χ0) is 13.0. The summed E-state index contributed by atoms with van der Waals surface area (Å²) in [5.41, 5.74) is 0. The molecule has 1 unspecified atom stereocenters. The zero-order valence-corrected chi connectivity index (χ0v) is 12.7. The molecular weight excluding hydrogens is 262 g/mol. The van der Waals surface area contributed by atoms with E-state index < -0.39 is 0 Å². The molecule has 0 fully saturated rings. The van der Waals surface area contributed by atoms with Crippen LogP contribution in [-0.2, 0) is 6.42 Å². The lowest BCUT2D eigenvalue weighted by Crippen LogP contribution is -2.20. The molecule has 2 nitrogen and oxygen atoms in total. The van der Waals surface area contributed by atoms with Gasteiger partial charge in [-0.1, -0.05) is 13.8 Å². The normalized spacial score (nSPS) is 12.6. The number of thiophene rings is 2. The van der Waals surface area contributed by atoms with Gasteiger partial charge in [0, 0.05) is 9.75 Å². The van der Waals surface area contributed by atoms with Crippen LogP contribution in [-0.4, -0.2) is 13.7 Å². The molecule has 0 saturated carbocycles. The SMILES string of the molecule is CCNC(c1ccc(CC)s1)c1sccc1OC. The lowest BCUT2D eigenvalue weighted by atomic mass is 10.2. The Hall–Kier alpha value is -0.840. The Kier molecular flexibility index (Phi) is 4.80. The van der Waals surface area contributed by atoms with Crippen LogP contribution in [0.25, 0.3) is 0 Å². The average molecular weight is 281 g/mol. The second kappa shape index (κ2) is 6.36. The zero-order valence-electron chi connectivity index (χ0n) is 11.0. The van der Waals surface area contributed by atoms with E-state index in [0.29, 0.717) is 0 Å². The Balaban J connectivity index is 2.33. The van der Waals surface area contributed by atoms with Crippen LogP contribution in [0.5, 0.6) is 5.75 Å². The monoisotopic (exact) mass is 281 g/mol. The van der Waals surface area contributed by atoms with Crippen LogP contribution < -0.4 is 10.1 Å². The van der Waals surface area contributed by atoms with E-state index in [9.17, 15) is 0 Å². The van der Waals surface area contributed by atoms with Gasteiger partial charge in [0.1, 0.15) is 5.75 Å². The molecule has 0 aliphatic carbocycles. The molecule has 1 N–H and O–H groups in total. The number of nitrogens with one attached hydrogen (secondary N) is 1. The molecule has 2 heterocycles. The standard InChI is InChI=1S/C14H19NOS2/c1-4-10-6-7-12(18-10)13(15-5-2)14-11(16-3)8-9-17-14/h6-9,13,15H,4-5H2,1-3H3. The van der Waals surface area contributed by atoms with Crippen molar-refractivity contribution in [3.63, 3.8) is 0 Å². The molecule has 0 saturated heterocycles. The van der Waals surface area contributed by atoms with Gasteiger partial charge in [-0.05, 0) is 36.5 Å². The Labute approximate surface area is 117 Å². The minimum absolute atomic E-state index is 0.259. The molecule has 4 heteroatoms. The summed E-state index contributed by atoms with van der Waals surface area (Å²) < 4.78 is 5.44. The predicted octanol–water partition coefficient (Wildman–Crippen LogP) is 4.08. The van der Waals surface area contributed by atoms with Crippen molar-refractivity contribution in [3.8, 4) is 5.75 Å². The third kappa shape index (κ3) is 2.76. The molecule has 0 bridgehead atoms. The van der Waals surface area contributed by atoms with Gasteiger partial charge >= 0.3 is 0 Å². The van der Waals surface area contributed by atoms with E-state index >= 15 is 0 Å². The molecule has 2 aromatic heterocycles. The number of hydrogen-bond acceptors (Lipinski definition) is 4. The maximum absolute atomic E-state index is 5.44. The molecule has 0 aromatic carbocycles. The van der Waals surface area contributed by atoms with Crippen molar-refractivity contribution < 1.29 is 4.74 Å². The second-order valence-electron chi connectivity index (χ2n) is 4.00. The van der Waals surface area contributed by atoms with Crippen LogP contribution in [0.1, 0.15) is 34.5 Å². The highest BCUT2D eigenvalue weighted by atomic mass is 32.1. The molecule has 0 radical (unpaired) electrons. The molecule has 0 amide bonds. The molecular formula is C14H19NOS2. The van der Waals surface area contributed by atoms with Crippen LogP contribution in [0, 0.1) is 0 Å². The van der Waals surface area contributed by atoms with Gasteiger partial charge in [0.2, 0.25) is 0 Å². The summed E-state index contributed by atoms with van der Waals surface area (Å²) in [6, 6.07) is 6.76. The summed E-state index contributed by atoms with van der Waals surface area (Å²) in [4.78, 5) is 4.07. The molecule has 0 aliphatic rings. The average Bonchev–Trinajstić information content (AvgIpc) is 3.04. The van der Waals surface area contributed by atoms with E-state index in [4.69, 9.17) is 4.74 Å². The fourth-order valence-corrected chi connectivity index (χ4v) is 4.02. The Morgan fingerprint density at radius 3 is 2.72 bits per heavy atom. The Bertz CT molecular complexity index is 489. The smallest absolute Gasteiger partial charge is 0.134 e. The highest BCUT2D eigenvalue weighted by Crippen LogP contribution is 2.37. The van der Waals surface area contributed by atoms with Crippen molar-refractivity contribution in [2.45, 2.75) is 26.3 Å².